The van der Waals surface area contributed by atoms with Crippen molar-refractivity contribution in [3.63, 3.8) is 0 Å². The second kappa shape index (κ2) is 9.24. The van der Waals surface area contributed by atoms with Gasteiger partial charge in [0.2, 0.25) is 10.9 Å². The Bertz CT molecular complexity index is 824. The first-order valence-electron chi connectivity index (χ1n) is 9.69. The van der Waals surface area contributed by atoms with Crippen molar-refractivity contribution in [1.82, 2.24) is 10.2 Å². The Balaban J connectivity index is 1.51. The number of esters is 1. The summed E-state index contributed by atoms with van der Waals surface area (Å²) in [4.78, 5) is 26.6. The Morgan fingerprint density at radius 3 is 2.48 bits per heavy atom. The average molecular weight is 429 g/mol. The van der Waals surface area contributed by atoms with Gasteiger partial charge in [0, 0.05) is 25.2 Å². The molecule has 0 atom stereocenters. The molecule has 1 aliphatic heterocycles. The smallest absolute Gasteiger partial charge is 0.374 e. The van der Waals surface area contributed by atoms with Crippen molar-refractivity contribution in [1.29, 1.82) is 0 Å². The molecule has 1 aromatic heterocycles. The van der Waals surface area contributed by atoms with E-state index >= 15 is 0 Å². The van der Waals surface area contributed by atoms with Crippen LogP contribution in [0.1, 0.15) is 42.7 Å². The van der Waals surface area contributed by atoms with E-state index in [1.807, 2.05) is 0 Å². The molecular weight excluding hydrogens is 402 g/mol. The lowest BCUT2D eigenvalue weighted by molar-refractivity contribution is -0.125. The number of nitrogens with zero attached hydrogens (tertiary/aromatic N) is 1. The first-order chi connectivity index (χ1) is 13.8. The van der Waals surface area contributed by atoms with Crippen LogP contribution >= 0.6 is 0 Å². The number of sulfonamides is 1. The number of nitrogens with one attached hydrogen (secondary N) is 1. The number of carbonyl (C=O) groups is 2. The van der Waals surface area contributed by atoms with Crippen molar-refractivity contribution in [2.45, 2.75) is 42.7 Å². The number of primary sulfonamides is 1. The second-order valence-corrected chi connectivity index (χ2v) is 8.89. The molecule has 1 aromatic rings. The molecular formula is C18H27N3O7S. The molecule has 2 heterocycles. The first-order valence-corrected chi connectivity index (χ1v) is 11.2. The molecule has 1 saturated heterocycles. The second-order valence-electron chi connectivity index (χ2n) is 7.40. The number of rotatable bonds is 7. The van der Waals surface area contributed by atoms with E-state index in [4.69, 9.17) is 19.0 Å². The van der Waals surface area contributed by atoms with Gasteiger partial charge in [-0.3, -0.25) is 9.69 Å². The van der Waals surface area contributed by atoms with Crippen LogP contribution in [0.15, 0.2) is 21.6 Å². The van der Waals surface area contributed by atoms with Gasteiger partial charge in [0.05, 0.1) is 13.2 Å². The van der Waals surface area contributed by atoms with Crippen LogP contribution in [0.25, 0.3) is 0 Å². The predicted molar refractivity (Wildman–Crippen MR) is 102 cm³/mol. The highest BCUT2D eigenvalue weighted by Crippen LogP contribution is 2.33. The van der Waals surface area contributed by atoms with Crippen molar-refractivity contribution in [3.8, 4) is 0 Å². The molecule has 3 rings (SSSR count). The fourth-order valence-electron chi connectivity index (χ4n) is 3.95. The summed E-state index contributed by atoms with van der Waals surface area (Å²) in [6.45, 7) is 3.07. The van der Waals surface area contributed by atoms with Gasteiger partial charge in [-0.05, 0) is 25.0 Å². The predicted octanol–water partition coefficient (Wildman–Crippen LogP) is 0.235. The molecule has 0 aromatic carbocycles. The van der Waals surface area contributed by atoms with E-state index in [0.29, 0.717) is 19.8 Å². The van der Waals surface area contributed by atoms with E-state index in [2.05, 4.69) is 10.2 Å². The molecule has 2 fully saturated rings. The highest BCUT2D eigenvalue weighted by atomic mass is 32.2. The number of nitrogens with two attached hydrogens (primary N) is 1. The van der Waals surface area contributed by atoms with Gasteiger partial charge in [0.1, 0.15) is 0 Å². The Morgan fingerprint density at radius 2 is 1.86 bits per heavy atom. The van der Waals surface area contributed by atoms with Crippen molar-refractivity contribution in [3.05, 3.63) is 17.9 Å². The van der Waals surface area contributed by atoms with Crippen LogP contribution in [0.3, 0.4) is 0 Å². The summed E-state index contributed by atoms with van der Waals surface area (Å²) in [6.07, 6.45) is 5.45. The highest BCUT2D eigenvalue weighted by molar-refractivity contribution is 7.89. The highest BCUT2D eigenvalue weighted by Gasteiger charge is 2.38. The SMILES string of the molecule is NS(=O)(=O)c1ccc(C(=O)OCC(=O)NCC2(N3CCOCC3)CCCCC2)o1. The lowest BCUT2D eigenvalue weighted by Crippen LogP contribution is -2.59. The fourth-order valence-corrected chi connectivity index (χ4v) is 4.42. The van der Waals surface area contributed by atoms with Crippen molar-refractivity contribution >= 4 is 21.9 Å². The Hall–Kier alpha value is -1.95. The van der Waals surface area contributed by atoms with Gasteiger partial charge in [0.15, 0.2) is 6.61 Å². The zero-order valence-corrected chi connectivity index (χ0v) is 17.0. The molecule has 162 valence electrons. The standard InChI is InChI=1S/C18H27N3O7S/c19-29(24,25)16-5-4-14(28-16)17(23)27-12-15(22)20-13-18(6-2-1-3-7-18)21-8-10-26-11-9-21/h4-5H,1-3,6-13H2,(H,20,22)(H2,19,24,25). The van der Waals surface area contributed by atoms with Gasteiger partial charge in [-0.15, -0.1) is 0 Å². The minimum Gasteiger partial charge on any atom is -0.450 e. The monoisotopic (exact) mass is 429 g/mol. The average Bonchev–Trinajstić information content (AvgIpc) is 3.23. The maximum atomic E-state index is 12.2. The number of furan rings is 1. The van der Waals surface area contributed by atoms with Crippen LogP contribution in [0.5, 0.6) is 0 Å². The van der Waals surface area contributed by atoms with Gasteiger partial charge in [0.25, 0.3) is 15.9 Å². The van der Waals surface area contributed by atoms with Crippen LogP contribution in [-0.4, -0.2) is 70.2 Å². The third kappa shape index (κ3) is 5.56. The first kappa shape index (κ1) is 21.8. The quantitative estimate of drug-likeness (QED) is 0.587. The Morgan fingerprint density at radius 1 is 1.17 bits per heavy atom. The zero-order chi connectivity index (χ0) is 20.9. The van der Waals surface area contributed by atoms with E-state index in [-0.39, 0.29) is 11.3 Å². The molecule has 2 aliphatic rings. The molecule has 29 heavy (non-hydrogen) atoms. The van der Waals surface area contributed by atoms with Gasteiger partial charge in [-0.1, -0.05) is 19.3 Å². The maximum Gasteiger partial charge on any atom is 0.374 e. The van der Waals surface area contributed by atoms with Crippen molar-refractivity contribution < 1.29 is 31.9 Å². The largest absolute Gasteiger partial charge is 0.450 e. The molecule has 0 bridgehead atoms. The summed E-state index contributed by atoms with van der Waals surface area (Å²) in [5.41, 5.74) is -0.0902. The molecule has 1 aliphatic carbocycles. The number of ether oxygens (including phenoxy) is 2. The topological polar surface area (TPSA) is 141 Å². The Labute approximate surface area is 169 Å². The summed E-state index contributed by atoms with van der Waals surface area (Å²) in [7, 11) is -4.05. The van der Waals surface area contributed by atoms with Gasteiger partial charge in [-0.25, -0.2) is 18.4 Å². The molecule has 0 radical (unpaired) electrons. The number of hydrogen-bond acceptors (Lipinski definition) is 8. The number of carbonyl (C=O) groups excluding carboxylic acids is 2. The van der Waals surface area contributed by atoms with Crippen LogP contribution in [0, 0.1) is 0 Å². The lowest BCUT2D eigenvalue weighted by Gasteiger charge is -2.48. The van der Waals surface area contributed by atoms with Crippen LogP contribution in [-0.2, 0) is 24.3 Å². The summed E-state index contributed by atoms with van der Waals surface area (Å²) < 4.78 is 37.6. The van der Waals surface area contributed by atoms with Crippen LogP contribution < -0.4 is 10.5 Å². The molecule has 11 heteroatoms. The fraction of sp³-hybridized carbons (Fsp3) is 0.667. The molecule has 10 nitrogen and oxygen atoms in total. The van der Waals surface area contributed by atoms with Gasteiger partial charge < -0.3 is 19.2 Å². The summed E-state index contributed by atoms with van der Waals surface area (Å²) in [5.74, 6) is -1.69. The van der Waals surface area contributed by atoms with E-state index in [1.165, 1.54) is 6.42 Å². The molecule has 1 saturated carbocycles. The molecule has 0 spiro atoms. The third-order valence-corrected chi connectivity index (χ3v) is 6.26. The van der Waals surface area contributed by atoms with Crippen LogP contribution in [0.2, 0.25) is 0 Å². The molecule has 1 amide bonds. The van der Waals surface area contributed by atoms with E-state index in [1.54, 1.807) is 0 Å². The zero-order valence-electron chi connectivity index (χ0n) is 16.2. The van der Waals surface area contributed by atoms with Gasteiger partial charge >= 0.3 is 5.97 Å². The minimum absolute atomic E-state index is 0.0902. The molecule has 0 unspecified atom stereocenters. The van der Waals surface area contributed by atoms with E-state index in [9.17, 15) is 18.0 Å². The Kier molecular flexibility index (Phi) is 6.93. The van der Waals surface area contributed by atoms with E-state index in [0.717, 1.165) is 50.9 Å². The summed E-state index contributed by atoms with van der Waals surface area (Å²) in [5, 5.41) is 7.27. The van der Waals surface area contributed by atoms with E-state index < -0.39 is 33.6 Å². The van der Waals surface area contributed by atoms with Crippen molar-refractivity contribution in [2.24, 2.45) is 5.14 Å². The number of hydrogen-bond donors (Lipinski definition) is 2. The summed E-state index contributed by atoms with van der Waals surface area (Å²) >= 11 is 0. The lowest BCUT2D eigenvalue weighted by atomic mass is 9.79. The molecule has 3 N–H and O–H groups in total. The third-order valence-electron chi connectivity index (χ3n) is 5.48. The van der Waals surface area contributed by atoms with Crippen molar-refractivity contribution in [2.75, 3.05) is 39.5 Å². The normalized spacial score (nSPS) is 20.2. The maximum absolute atomic E-state index is 12.2. The number of amides is 1. The number of morpholine rings is 1. The van der Waals surface area contributed by atoms with Crippen LogP contribution in [0.4, 0.5) is 0 Å². The summed E-state index contributed by atoms with van der Waals surface area (Å²) in [6, 6.07) is 2.19. The van der Waals surface area contributed by atoms with Gasteiger partial charge in [-0.2, -0.15) is 0 Å². The minimum atomic E-state index is -4.05.